The maximum atomic E-state index is 13.1. The van der Waals surface area contributed by atoms with E-state index in [0.29, 0.717) is 12.0 Å². The van der Waals surface area contributed by atoms with E-state index < -0.39 is 53.0 Å². The molecule has 0 heterocycles. The summed E-state index contributed by atoms with van der Waals surface area (Å²) in [7, 11) is 0. The van der Waals surface area contributed by atoms with E-state index in [4.69, 9.17) is 14.2 Å². The van der Waals surface area contributed by atoms with Crippen LogP contribution in [0.3, 0.4) is 0 Å². The summed E-state index contributed by atoms with van der Waals surface area (Å²) in [6.07, 6.45) is 7.44. The Bertz CT molecular complexity index is 1160. The van der Waals surface area contributed by atoms with Crippen LogP contribution >= 0.6 is 0 Å². The second-order valence-electron chi connectivity index (χ2n) is 11.1. The fraction of sp³-hybridized carbons (Fsp3) is 0.484. The summed E-state index contributed by atoms with van der Waals surface area (Å²) < 4.78 is 18.1. The molecule has 38 heavy (non-hydrogen) atoms. The highest BCUT2D eigenvalue weighted by atomic mass is 16.6. The number of carbonyl (C=O) groups is 4. The molecule has 0 N–H and O–H groups in total. The molecule has 0 spiro atoms. The Labute approximate surface area is 224 Å². The number of esters is 3. The normalized spacial score (nSPS) is 32.1. The third-order valence-corrected chi connectivity index (χ3v) is 7.35. The Kier molecular flexibility index (Phi) is 8.80. The predicted molar refractivity (Wildman–Crippen MR) is 143 cm³/mol. The summed E-state index contributed by atoms with van der Waals surface area (Å²) in [5.74, 6) is -2.96. The average molecular weight is 523 g/mol. The molecule has 0 radical (unpaired) electrons. The number of allylic oxidation sites excluding steroid dienone is 4. The zero-order chi connectivity index (χ0) is 28.3. The van der Waals surface area contributed by atoms with Crippen LogP contribution in [0.4, 0.5) is 0 Å². The first kappa shape index (κ1) is 29.1. The van der Waals surface area contributed by atoms with E-state index in [1.807, 2.05) is 52.8 Å². The van der Waals surface area contributed by atoms with Crippen molar-refractivity contribution in [3.63, 3.8) is 0 Å². The second kappa shape index (κ2) is 11.5. The molecule has 0 amide bonds. The minimum absolute atomic E-state index is 0.0867. The smallest absolute Gasteiger partial charge is 0.338 e. The Morgan fingerprint density at radius 2 is 1.61 bits per heavy atom. The monoisotopic (exact) mass is 522 g/mol. The van der Waals surface area contributed by atoms with Gasteiger partial charge in [0.2, 0.25) is 0 Å². The first-order valence-corrected chi connectivity index (χ1v) is 13.0. The van der Waals surface area contributed by atoms with Crippen LogP contribution in [0.1, 0.15) is 65.2 Å². The largest absolute Gasteiger partial charge is 0.458 e. The maximum Gasteiger partial charge on any atom is 0.338 e. The van der Waals surface area contributed by atoms with Crippen LogP contribution in [-0.2, 0) is 28.6 Å². The molecule has 0 aliphatic heterocycles. The average Bonchev–Trinajstić information content (AvgIpc) is 3.09. The molecule has 7 nitrogen and oxygen atoms in total. The summed E-state index contributed by atoms with van der Waals surface area (Å²) in [6, 6.07) is 8.67. The van der Waals surface area contributed by atoms with Gasteiger partial charge in [-0.05, 0) is 51.3 Å². The summed E-state index contributed by atoms with van der Waals surface area (Å²) in [5, 5.41) is 0. The number of rotatable bonds is 4. The number of hydrogen-bond donors (Lipinski definition) is 0. The molecule has 0 unspecified atom stereocenters. The van der Waals surface area contributed by atoms with E-state index in [1.165, 1.54) is 19.9 Å². The molecule has 2 aliphatic rings. The third-order valence-electron chi connectivity index (χ3n) is 7.35. The lowest BCUT2D eigenvalue weighted by Gasteiger charge is -2.42. The van der Waals surface area contributed by atoms with Crippen molar-refractivity contribution in [2.45, 2.75) is 72.7 Å². The molecular formula is C31H38O7. The zero-order valence-electron chi connectivity index (χ0n) is 23.2. The van der Waals surface area contributed by atoms with Gasteiger partial charge >= 0.3 is 17.9 Å². The lowest BCUT2D eigenvalue weighted by Crippen LogP contribution is -2.54. The number of carbonyl (C=O) groups excluding carboxylic acids is 4. The Balaban J connectivity index is 2.23. The molecule has 0 aromatic heterocycles. The highest BCUT2D eigenvalue weighted by molar-refractivity contribution is 5.96. The van der Waals surface area contributed by atoms with Crippen molar-refractivity contribution >= 4 is 23.7 Å². The molecule has 204 valence electrons. The fourth-order valence-corrected chi connectivity index (χ4v) is 5.49. The number of hydrogen-bond acceptors (Lipinski definition) is 7. The van der Waals surface area contributed by atoms with Crippen LogP contribution in [0.5, 0.6) is 0 Å². The second-order valence-corrected chi connectivity index (χ2v) is 11.1. The molecule has 0 saturated heterocycles. The summed E-state index contributed by atoms with van der Waals surface area (Å²) >= 11 is 0. The van der Waals surface area contributed by atoms with Crippen molar-refractivity contribution in [1.29, 1.82) is 0 Å². The minimum atomic E-state index is -1.31. The SMILES string of the molecule is CC(=O)O[C@@H]1[C@H](C)C=CC(C)(C)C(=O)C=C/C(C)=C/[C@H]2[C@@H](OC(=O)c3ccccc3)[C@H](C)C[C@]12OC(C)=O. The van der Waals surface area contributed by atoms with Crippen molar-refractivity contribution in [1.82, 2.24) is 0 Å². The molecule has 2 aliphatic carbocycles. The lowest BCUT2D eigenvalue weighted by molar-refractivity contribution is -0.195. The van der Waals surface area contributed by atoms with Crippen molar-refractivity contribution in [2.24, 2.45) is 23.2 Å². The van der Waals surface area contributed by atoms with E-state index >= 15 is 0 Å². The summed E-state index contributed by atoms with van der Waals surface area (Å²) in [5.41, 5.74) is -0.982. The number of ketones is 1. The third kappa shape index (κ3) is 6.32. The summed E-state index contributed by atoms with van der Waals surface area (Å²) in [6.45, 7) is 11.9. The van der Waals surface area contributed by atoms with Gasteiger partial charge in [-0.3, -0.25) is 14.4 Å². The van der Waals surface area contributed by atoms with Gasteiger partial charge in [-0.15, -0.1) is 0 Å². The van der Waals surface area contributed by atoms with Crippen molar-refractivity contribution in [2.75, 3.05) is 0 Å². The minimum Gasteiger partial charge on any atom is -0.458 e. The van der Waals surface area contributed by atoms with E-state index in [9.17, 15) is 19.2 Å². The van der Waals surface area contributed by atoms with Crippen molar-refractivity contribution in [3.05, 3.63) is 71.8 Å². The van der Waals surface area contributed by atoms with Crippen LogP contribution in [0.25, 0.3) is 0 Å². The number of ether oxygens (including phenoxy) is 3. The van der Waals surface area contributed by atoms with Crippen LogP contribution in [0, 0.1) is 23.2 Å². The van der Waals surface area contributed by atoms with Gasteiger partial charge in [-0.2, -0.15) is 0 Å². The highest BCUT2D eigenvalue weighted by Gasteiger charge is 2.61. The van der Waals surface area contributed by atoms with Gasteiger partial charge in [0.25, 0.3) is 0 Å². The molecule has 3 rings (SSSR count). The van der Waals surface area contributed by atoms with Gasteiger partial charge in [0.15, 0.2) is 11.4 Å². The Morgan fingerprint density at radius 3 is 2.21 bits per heavy atom. The lowest BCUT2D eigenvalue weighted by atomic mass is 9.76. The van der Waals surface area contributed by atoms with Gasteiger partial charge in [0.1, 0.15) is 12.2 Å². The molecule has 6 atom stereocenters. The van der Waals surface area contributed by atoms with E-state index in [1.54, 1.807) is 36.4 Å². The molecule has 1 saturated carbocycles. The predicted octanol–water partition coefficient (Wildman–Crippen LogP) is 5.41. The van der Waals surface area contributed by atoms with Crippen LogP contribution < -0.4 is 0 Å². The van der Waals surface area contributed by atoms with Gasteiger partial charge in [0, 0.05) is 25.2 Å². The molecule has 1 aromatic rings. The van der Waals surface area contributed by atoms with Gasteiger partial charge in [-0.1, -0.05) is 61.9 Å². The van der Waals surface area contributed by atoms with Crippen molar-refractivity contribution in [3.8, 4) is 0 Å². The Morgan fingerprint density at radius 1 is 0.947 bits per heavy atom. The van der Waals surface area contributed by atoms with Crippen LogP contribution in [0.2, 0.25) is 0 Å². The van der Waals surface area contributed by atoms with E-state index in [2.05, 4.69) is 0 Å². The molecule has 7 heteroatoms. The first-order chi connectivity index (χ1) is 17.8. The Hall–Kier alpha value is -3.48. The molecule has 1 fully saturated rings. The van der Waals surface area contributed by atoms with Crippen molar-refractivity contribution < 1.29 is 33.4 Å². The molecule has 0 bridgehead atoms. The van der Waals surface area contributed by atoms with Gasteiger partial charge in [0.05, 0.1) is 11.5 Å². The summed E-state index contributed by atoms with van der Waals surface area (Å²) in [4.78, 5) is 51.0. The zero-order valence-corrected chi connectivity index (χ0v) is 23.2. The standard InChI is InChI=1S/C31H38O7/c1-19-13-14-26(34)30(6,7)16-15-20(2)28(36-22(4)32)31(38-23(5)33)18-21(3)27(25(31)17-19)37-29(35)24-11-9-8-10-12-24/h8-17,20-21,25,27-28H,18H2,1-7H3/b14-13?,16-15?,19-17+/t20-,21-,25+,27+,28-,31-/m1/s1. The van der Waals surface area contributed by atoms with Gasteiger partial charge < -0.3 is 14.2 Å². The number of fused-ring (bicyclic) bond motifs is 1. The van der Waals surface area contributed by atoms with Crippen LogP contribution in [-0.4, -0.2) is 41.5 Å². The van der Waals surface area contributed by atoms with Gasteiger partial charge in [-0.25, -0.2) is 4.79 Å². The topological polar surface area (TPSA) is 96.0 Å². The fourth-order valence-electron chi connectivity index (χ4n) is 5.49. The van der Waals surface area contributed by atoms with E-state index in [0.717, 1.165) is 5.57 Å². The quantitative estimate of drug-likeness (QED) is 0.297. The molecular weight excluding hydrogens is 484 g/mol. The maximum absolute atomic E-state index is 13.1. The highest BCUT2D eigenvalue weighted by Crippen LogP contribution is 2.50. The van der Waals surface area contributed by atoms with E-state index in [-0.39, 0.29) is 11.7 Å². The first-order valence-electron chi connectivity index (χ1n) is 13.0. The molecule has 1 aromatic carbocycles. The van der Waals surface area contributed by atoms with Crippen LogP contribution in [0.15, 0.2) is 66.3 Å². The number of benzene rings is 1.